The fourth-order valence-corrected chi connectivity index (χ4v) is 3.80. The summed E-state index contributed by atoms with van der Waals surface area (Å²) in [6.45, 7) is -3.78. The van der Waals surface area contributed by atoms with Crippen molar-refractivity contribution in [1.29, 1.82) is 0 Å². The molecule has 0 radical (unpaired) electrons. The molecular formula is C34H44F22O12. The van der Waals surface area contributed by atoms with E-state index < -0.39 is 140 Å². The van der Waals surface area contributed by atoms with Crippen LogP contribution in [0.4, 0.5) is 96.6 Å². The van der Waals surface area contributed by atoms with Crippen molar-refractivity contribution in [2.45, 2.75) is 145 Å². The Bertz CT molecular complexity index is 1610. The third-order valence-electron chi connectivity index (χ3n) is 8.92. The molecule has 12 nitrogen and oxygen atoms in total. The average Bonchev–Trinajstić information content (AvgIpc) is 3.12. The molecule has 0 aliphatic carbocycles. The summed E-state index contributed by atoms with van der Waals surface area (Å²) in [6, 6.07) is 0. The zero-order valence-corrected chi connectivity index (χ0v) is 37.0. The van der Waals surface area contributed by atoms with E-state index in [1.54, 1.807) is 20.8 Å². The number of alkyl halides is 22. The second-order valence-electron chi connectivity index (χ2n) is 16.2. The Labute approximate surface area is 370 Å². The second-order valence-corrected chi connectivity index (χ2v) is 16.2. The first-order valence-corrected chi connectivity index (χ1v) is 17.8. The van der Waals surface area contributed by atoms with Crippen LogP contribution < -0.4 is 0 Å². The van der Waals surface area contributed by atoms with Gasteiger partial charge in [-0.2, -0.15) is 96.6 Å². The van der Waals surface area contributed by atoms with Gasteiger partial charge in [-0.3, -0.25) is 9.47 Å². The van der Waals surface area contributed by atoms with Crippen LogP contribution in [0.15, 0.2) is 0 Å². The third kappa shape index (κ3) is 15.6. The van der Waals surface area contributed by atoms with E-state index in [1.807, 2.05) is 0 Å². The molecule has 0 rings (SSSR count). The van der Waals surface area contributed by atoms with E-state index in [0.717, 1.165) is 0 Å². The summed E-state index contributed by atoms with van der Waals surface area (Å²) in [5.74, 6) is -6.78. The zero-order chi connectivity index (χ0) is 55.4. The lowest BCUT2D eigenvalue weighted by Gasteiger charge is -2.42. The molecule has 0 saturated heterocycles. The van der Waals surface area contributed by atoms with E-state index in [2.05, 4.69) is 37.9 Å². The van der Waals surface area contributed by atoms with Crippen LogP contribution in [0.3, 0.4) is 0 Å². The number of ether oxygens (including phenoxy) is 9. The van der Waals surface area contributed by atoms with Crippen LogP contribution in [0.5, 0.6) is 0 Å². The lowest BCUT2D eigenvalue weighted by atomic mass is 9.97. The van der Waals surface area contributed by atoms with Gasteiger partial charge < -0.3 is 33.2 Å². The van der Waals surface area contributed by atoms with Crippen LogP contribution in [-0.4, -0.2) is 149 Å². The quantitative estimate of drug-likeness (QED) is 0.0693. The summed E-state index contributed by atoms with van der Waals surface area (Å²) in [5.41, 5.74) is -26.0. The molecule has 34 heteroatoms. The van der Waals surface area contributed by atoms with E-state index in [9.17, 15) is 111 Å². The summed E-state index contributed by atoms with van der Waals surface area (Å²) in [6.07, 6.45) is -48.8. The molecule has 0 aliphatic heterocycles. The molecule has 6 unspecified atom stereocenters. The van der Waals surface area contributed by atoms with Crippen LogP contribution in [0.25, 0.3) is 0 Å². The Kier molecular flexibility index (Phi) is 20.7. The van der Waals surface area contributed by atoms with Crippen molar-refractivity contribution in [3.8, 4) is 0 Å². The number of halogens is 22. The van der Waals surface area contributed by atoms with Crippen molar-refractivity contribution in [1.82, 2.24) is 0 Å². The molecule has 68 heavy (non-hydrogen) atoms. The zero-order valence-electron chi connectivity index (χ0n) is 37.0. The van der Waals surface area contributed by atoms with Gasteiger partial charge in [0.2, 0.25) is 0 Å². The summed E-state index contributed by atoms with van der Waals surface area (Å²) in [5, 5.41) is 0. The third-order valence-corrected chi connectivity index (χ3v) is 8.92. The number of carbonyl (C=O) groups is 3. The molecule has 0 aliphatic rings. The molecule has 0 aromatic heterocycles. The predicted molar refractivity (Wildman–Crippen MR) is 178 cm³/mol. The molecule has 406 valence electrons. The number of hydrogen-bond donors (Lipinski definition) is 0. The Morgan fingerprint density at radius 3 is 0.676 bits per heavy atom. The van der Waals surface area contributed by atoms with Gasteiger partial charge in [0.05, 0.1) is 47.8 Å². The van der Waals surface area contributed by atoms with Crippen LogP contribution in [0.1, 0.15) is 62.3 Å². The molecule has 6 atom stereocenters. The maximum atomic E-state index is 14.4. The lowest BCUT2D eigenvalue weighted by Crippen LogP contribution is -2.63. The molecule has 0 heterocycles. The van der Waals surface area contributed by atoms with Crippen molar-refractivity contribution in [2.24, 2.45) is 5.41 Å². The summed E-state index contributed by atoms with van der Waals surface area (Å²) in [4.78, 5) is 34.4. The summed E-state index contributed by atoms with van der Waals surface area (Å²) in [7, 11) is 1.24. The SMILES string of the molecule is COC(=O)C(C)(OCC(C)(OC(F)(F)C(F)(F)OC(C)(COC(C)(C(=O)OC)C(F)(F)F)C(F)(F)F)C(F)(F)F)C(F)(F)F.COC(=O)C(C)(OCC(C)(OCC(C)(C)C)C(F)(F)F)C(F)(F)F. The standard InChI is InChI=1S/C20H22F16O8.C14H22F6O4/c1-11(15(21,22)23,7-41-13(3,9(37)39-5)17(27,28)29)43-19(33,34)20(35,36)44-12(2,16(24,25)26)8-42-14(4,10(38)40-6)18(30,31)32;1-10(2,3)7-23-11(4,13(15,16)17)8-24-12(5,9(21)22-6)14(18,19)20/h7-8H2,1-6H3;7-8H2,1-6H3. The van der Waals surface area contributed by atoms with E-state index >= 15 is 0 Å². The number of carbonyl (C=O) groups excluding carboxylic acids is 3. The molecule has 0 amide bonds. The number of hydrogen-bond acceptors (Lipinski definition) is 12. The van der Waals surface area contributed by atoms with Gasteiger partial charge >= 0.3 is 67.2 Å². The Morgan fingerprint density at radius 2 is 0.515 bits per heavy atom. The molecule has 0 spiro atoms. The van der Waals surface area contributed by atoms with E-state index in [0.29, 0.717) is 21.0 Å². The molecule has 0 aromatic carbocycles. The molecule has 0 N–H and O–H groups in total. The van der Waals surface area contributed by atoms with Gasteiger partial charge in [-0.15, -0.1) is 0 Å². The highest BCUT2D eigenvalue weighted by molar-refractivity contribution is 5.81. The topological polar surface area (TPSA) is 134 Å². The molecule has 0 aromatic rings. The largest absolute Gasteiger partial charge is 0.467 e. The van der Waals surface area contributed by atoms with Gasteiger partial charge in [-0.05, 0) is 47.0 Å². The smallest absolute Gasteiger partial charge is 0.449 e. The highest BCUT2D eigenvalue weighted by Gasteiger charge is 2.73. The Hall–Kier alpha value is -3.37. The first kappa shape index (κ1) is 66.7. The Morgan fingerprint density at radius 1 is 0.309 bits per heavy atom. The lowest BCUT2D eigenvalue weighted by molar-refractivity contribution is -0.500. The predicted octanol–water partition coefficient (Wildman–Crippen LogP) is 9.75. The maximum Gasteiger partial charge on any atom is 0.449 e. The van der Waals surface area contributed by atoms with E-state index in [-0.39, 0.29) is 34.7 Å². The van der Waals surface area contributed by atoms with Crippen molar-refractivity contribution >= 4 is 17.9 Å². The number of methoxy groups -OCH3 is 3. The fourth-order valence-electron chi connectivity index (χ4n) is 3.80. The van der Waals surface area contributed by atoms with Gasteiger partial charge in [0, 0.05) is 0 Å². The van der Waals surface area contributed by atoms with Gasteiger partial charge in [-0.25, -0.2) is 14.4 Å². The van der Waals surface area contributed by atoms with Gasteiger partial charge in [0.15, 0.2) is 16.8 Å². The normalized spacial score (nSPS) is 19.3. The van der Waals surface area contributed by atoms with Crippen LogP contribution in [0, 0.1) is 5.41 Å². The van der Waals surface area contributed by atoms with Crippen LogP contribution >= 0.6 is 0 Å². The van der Waals surface area contributed by atoms with Crippen molar-refractivity contribution < 1.29 is 154 Å². The molecule has 0 bridgehead atoms. The summed E-state index contributed by atoms with van der Waals surface area (Å²) < 4.78 is 332. The molecule has 0 fully saturated rings. The molecule has 0 saturated carbocycles. The fraction of sp³-hybridized carbons (Fsp3) is 0.912. The van der Waals surface area contributed by atoms with E-state index in [1.165, 1.54) is 0 Å². The minimum absolute atomic E-state index is 0.261. The minimum atomic E-state index is -6.91. The first-order valence-electron chi connectivity index (χ1n) is 17.8. The first-order chi connectivity index (χ1) is 29.4. The minimum Gasteiger partial charge on any atom is -0.467 e. The Balaban J connectivity index is 0. The maximum absolute atomic E-state index is 14.4. The van der Waals surface area contributed by atoms with Gasteiger partial charge in [0.25, 0.3) is 16.8 Å². The highest BCUT2D eigenvalue weighted by atomic mass is 19.4. The van der Waals surface area contributed by atoms with E-state index in [4.69, 9.17) is 4.74 Å². The average molecular weight is 1060 g/mol. The van der Waals surface area contributed by atoms with Crippen molar-refractivity contribution in [3.05, 3.63) is 0 Å². The van der Waals surface area contributed by atoms with Gasteiger partial charge in [0.1, 0.15) is 0 Å². The summed E-state index contributed by atoms with van der Waals surface area (Å²) >= 11 is 0. The van der Waals surface area contributed by atoms with Crippen molar-refractivity contribution in [3.63, 3.8) is 0 Å². The highest BCUT2D eigenvalue weighted by Crippen LogP contribution is 2.50. The second kappa shape index (κ2) is 21.2. The number of rotatable bonds is 19. The van der Waals surface area contributed by atoms with Crippen LogP contribution in [-0.2, 0) is 57.0 Å². The van der Waals surface area contributed by atoms with Crippen molar-refractivity contribution in [2.75, 3.05) is 47.8 Å². The molecular weight excluding hydrogens is 1020 g/mol. The monoisotopic (exact) mass is 1060 g/mol. The van der Waals surface area contributed by atoms with Gasteiger partial charge in [-0.1, -0.05) is 20.8 Å². The van der Waals surface area contributed by atoms with Crippen LogP contribution in [0.2, 0.25) is 0 Å². The number of esters is 3.